The van der Waals surface area contributed by atoms with Gasteiger partial charge in [-0.1, -0.05) is 38.5 Å². The molecule has 1 saturated heterocycles. The van der Waals surface area contributed by atoms with Gasteiger partial charge in [0.25, 0.3) is 0 Å². The molecule has 0 spiro atoms. The van der Waals surface area contributed by atoms with Crippen LogP contribution in [-0.2, 0) is 9.47 Å². The standard InChI is InChI=1S/C20H37NO3/c1-17-19(22)13-12-18(21-17)11-9-7-5-3-4-6-8-10-14-20(2)23-15-16-24-20/h17,19,22H,3-16H2,1-2H3/t17-,19-/m1/s1. The molecule has 2 aliphatic rings. The molecular formula is C20H37NO3. The van der Waals surface area contributed by atoms with Crippen LogP contribution >= 0.6 is 0 Å². The van der Waals surface area contributed by atoms with Gasteiger partial charge in [-0.25, -0.2) is 0 Å². The van der Waals surface area contributed by atoms with Gasteiger partial charge in [-0.3, -0.25) is 4.99 Å². The first-order chi connectivity index (χ1) is 11.6. The summed E-state index contributed by atoms with van der Waals surface area (Å²) in [5, 5.41) is 9.68. The van der Waals surface area contributed by atoms with Crippen LogP contribution in [0.15, 0.2) is 4.99 Å². The lowest BCUT2D eigenvalue weighted by atomic mass is 9.97. The number of hydrogen-bond donors (Lipinski definition) is 1. The molecule has 2 heterocycles. The lowest BCUT2D eigenvalue weighted by Gasteiger charge is -2.22. The predicted octanol–water partition coefficient (Wildman–Crippen LogP) is 4.63. The number of aliphatic imine (C=N–C) groups is 1. The highest BCUT2D eigenvalue weighted by Crippen LogP contribution is 2.25. The first kappa shape index (κ1) is 19.9. The minimum absolute atomic E-state index is 0.107. The maximum atomic E-state index is 9.68. The second-order valence-electron chi connectivity index (χ2n) is 7.70. The number of rotatable bonds is 11. The molecule has 0 amide bonds. The van der Waals surface area contributed by atoms with Crippen molar-refractivity contribution < 1.29 is 14.6 Å². The van der Waals surface area contributed by atoms with Gasteiger partial charge in [0, 0.05) is 12.1 Å². The molecule has 0 aromatic heterocycles. The summed E-state index contributed by atoms with van der Waals surface area (Å²) in [6, 6.07) is 0.107. The van der Waals surface area contributed by atoms with Crippen LogP contribution in [0, 0.1) is 0 Å². The molecule has 2 rings (SSSR count). The second-order valence-corrected chi connectivity index (χ2v) is 7.70. The summed E-state index contributed by atoms with van der Waals surface area (Å²) in [6.45, 7) is 5.60. The average molecular weight is 340 g/mol. The Morgan fingerprint density at radius 2 is 1.58 bits per heavy atom. The van der Waals surface area contributed by atoms with Crippen molar-refractivity contribution in [2.45, 2.75) is 109 Å². The van der Waals surface area contributed by atoms with Crippen molar-refractivity contribution in [3.8, 4) is 0 Å². The van der Waals surface area contributed by atoms with Crippen molar-refractivity contribution in [2.75, 3.05) is 13.2 Å². The van der Waals surface area contributed by atoms with Crippen LogP contribution in [0.3, 0.4) is 0 Å². The van der Waals surface area contributed by atoms with Crippen molar-refractivity contribution in [2.24, 2.45) is 4.99 Å². The zero-order chi connectivity index (χ0) is 17.3. The molecule has 2 aliphatic heterocycles. The number of unbranched alkanes of at least 4 members (excludes halogenated alkanes) is 7. The first-order valence-electron chi connectivity index (χ1n) is 10.1. The molecule has 0 aliphatic carbocycles. The fraction of sp³-hybridized carbons (Fsp3) is 0.950. The Labute approximate surface area is 148 Å². The summed E-state index contributed by atoms with van der Waals surface area (Å²) >= 11 is 0. The van der Waals surface area contributed by atoms with Gasteiger partial charge in [0.05, 0.1) is 25.4 Å². The molecule has 0 aromatic rings. The maximum absolute atomic E-state index is 9.68. The highest BCUT2D eigenvalue weighted by Gasteiger charge is 2.29. The molecule has 24 heavy (non-hydrogen) atoms. The van der Waals surface area contributed by atoms with E-state index in [1.54, 1.807) is 0 Å². The molecule has 0 saturated carbocycles. The quantitative estimate of drug-likeness (QED) is 0.558. The zero-order valence-electron chi connectivity index (χ0n) is 15.8. The lowest BCUT2D eigenvalue weighted by Crippen LogP contribution is -2.27. The van der Waals surface area contributed by atoms with Crippen LogP contribution in [0.5, 0.6) is 0 Å². The molecule has 1 N–H and O–H groups in total. The van der Waals surface area contributed by atoms with Crippen molar-refractivity contribution >= 4 is 5.71 Å². The highest BCUT2D eigenvalue weighted by molar-refractivity contribution is 5.85. The lowest BCUT2D eigenvalue weighted by molar-refractivity contribution is -0.147. The molecule has 0 unspecified atom stereocenters. The number of ether oxygens (including phenoxy) is 2. The van der Waals surface area contributed by atoms with Crippen molar-refractivity contribution in [1.82, 2.24) is 0 Å². The summed E-state index contributed by atoms with van der Waals surface area (Å²) in [6.07, 6.45) is 14.3. The Balaban J connectivity index is 1.37. The van der Waals surface area contributed by atoms with E-state index in [2.05, 4.69) is 11.9 Å². The monoisotopic (exact) mass is 339 g/mol. The summed E-state index contributed by atoms with van der Waals surface area (Å²) in [5.74, 6) is -0.296. The Hall–Kier alpha value is -0.450. The van der Waals surface area contributed by atoms with Crippen molar-refractivity contribution in [1.29, 1.82) is 0 Å². The Bertz CT molecular complexity index is 377. The van der Waals surface area contributed by atoms with E-state index in [1.807, 2.05) is 6.92 Å². The normalized spacial score (nSPS) is 26.5. The third-order valence-electron chi connectivity index (χ3n) is 5.42. The zero-order valence-corrected chi connectivity index (χ0v) is 15.8. The van der Waals surface area contributed by atoms with Gasteiger partial charge in [0.15, 0.2) is 5.79 Å². The van der Waals surface area contributed by atoms with Crippen LogP contribution in [-0.4, -0.2) is 42.0 Å². The minimum Gasteiger partial charge on any atom is -0.391 e. The molecule has 1 fully saturated rings. The molecule has 2 atom stereocenters. The van der Waals surface area contributed by atoms with E-state index in [4.69, 9.17) is 9.47 Å². The van der Waals surface area contributed by atoms with E-state index in [0.717, 1.165) is 38.9 Å². The number of aliphatic hydroxyl groups is 1. The van der Waals surface area contributed by atoms with E-state index in [9.17, 15) is 5.11 Å². The molecule has 0 bridgehead atoms. The molecule has 0 radical (unpaired) electrons. The van der Waals surface area contributed by atoms with Gasteiger partial charge >= 0.3 is 0 Å². The Morgan fingerprint density at radius 3 is 2.21 bits per heavy atom. The van der Waals surface area contributed by atoms with Gasteiger partial charge in [-0.05, 0) is 46.0 Å². The molecule has 4 heteroatoms. The summed E-state index contributed by atoms with van der Waals surface area (Å²) in [7, 11) is 0. The topological polar surface area (TPSA) is 51.0 Å². The second kappa shape index (κ2) is 10.5. The van der Waals surface area contributed by atoms with Crippen molar-refractivity contribution in [3.05, 3.63) is 0 Å². The van der Waals surface area contributed by atoms with E-state index in [1.165, 1.54) is 57.1 Å². The van der Waals surface area contributed by atoms with Gasteiger partial charge in [-0.2, -0.15) is 0 Å². The summed E-state index contributed by atoms with van der Waals surface area (Å²) < 4.78 is 11.3. The predicted molar refractivity (Wildman–Crippen MR) is 98.6 cm³/mol. The van der Waals surface area contributed by atoms with E-state index in [-0.39, 0.29) is 17.9 Å². The van der Waals surface area contributed by atoms with Crippen LogP contribution in [0.25, 0.3) is 0 Å². The van der Waals surface area contributed by atoms with Gasteiger partial charge in [0.1, 0.15) is 0 Å². The smallest absolute Gasteiger partial charge is 0.165 e. The van der Waals surface area contributed by atoms with Gasteiger partial charge < -0.3 is 14.6 Å². The molecule has 140 valence electrons. The average Bonchev–Trinajstić information content (AvgIpc) is 2.99. The van der Waals surface area contributed by atoms with Crippen molar-refractivity contribution in [3.63, 3.8) is 0 Å². The van der Waals surface area contributed by atoms with Crippen LogP contribution in [0.2, 0.25) is 0 Å². The molecular weight excluding hydrogens is 302 g/mol. The Morgan fingerprint density at radius 1 is 1.00 bits per heavy atom. The molecule has 4 nitrogen and oxygen atoms in total. The fourth-order valence-electron chi connectivity index (χ4n) is 3.72. The van der Waals surface area contributed by atoms with Gasteiger partial charge in [-0.15, -0.1) is 0 Å². The number of nitrogens with zero attached hydrogens (tertiary/aromatic N) is 1. The maximum Gasteiger partial charge on any atom is 0.165 e. The largest absolute Gasteiger partial charge is 0.391 e. The van der Waals surface area contributed by atoms with Crippen LogP contribution in [0.4, 0.5) is 0 Å². The number of hydrogen-bond acceptors (Lipinski definition) is 4. The van der Waals surface area contributed by atoms with E-state index < -0.39 is 0 Å². The number of aliphatic hydroxyl groups excluding tert-OH is 1. The van der Waals surface area contributed by atoms with E-state index in [0.29, 0.717) is 0 Å². The summed E-state index contributed by atoms with van der Waals surface area (Å²) in [5.41, 5.74) is 1.33. The van der Waals surface area contributed by atoms with Gasteiger partial charge in [0.2, 0.25) is 0 Å². The Kier molecular flexibility index (Phi) is 8.71. The highest BCUT2D eigenvalue weighted by atomic mass is 16.7. The first-order valence-corrected chi connectivity index (χ1v) is 10.1. The SMILES string of the molecule is C[C@H]1N=C(CCCCCCCCCCC2(C)OCCO2)CC[C@H]1O. The fourth-order valence-corrected chi connectivity index (χ4v) is 3.72. The third-order valence-corrected chi connectivity index (χ3v) is 5.42. The third kappa shape index (κ3) is 7.20. The van der Waals surface area contributed by atoms with Crippen LogP contribution in [0.1, 0.15) is 90.9 Å². The molecule has 0 aromatic carbocycles. The van der Waals surface area contributed by atoms with E-state index >= 15 is 0 Å². The minimum atomic E-state index is -0.296. The van der Waals surface area contributed by atoms with Crippen LogP contribution < -0.4 is 0 Å². The summed E-state index contributed by atoms with van der Waals surface area (Å²) in [4.78, 5) is 4.62.